The first-order chi connectivity index (χ1) is 7.69. The molecule has 1 heterocycles. The summed E-state index contributed by atoms with van der Waals surface area (Å²) >= 11 is 0. The Hall–Kier alpha value is -1.31. The van der Waals surface area contributed by atoms with Crippen LogP contribution in [0.2, 0.25) is 0 Å². The molecular weight excluding hydrogens is 198 g/mol. The zero-order valence-corrected chi connectivity index (χ0v) is 10.3. The highest BCUT2D eigenvalue weighted by atomic mass is 16.2. The Kier molecular flexibility index (Phi) is 5.03. The van der Waals surface area contributed by atoms with E-state index in [-0.39, 0.29) is 5.91 Å². The minimum atomic E-state index is 0.111. The van der Waals surface area contributed by atoms with Gasteiger partial charge in [0.15, 0.2) is 0 Å². The van der Waals surface area contributed by atoms with Crippen LogP contribution in [0.15, 0.2) is 36.5 Å². The molecule has 1 aliphatic rings. The summed E-state index contributed by atoms with van der Waals surface area (Å²) in [6.07, 6.45) is 9.48. The van der Waals surface area contributed by atoms with E-state index in [9.17, 15) is 4.79 Å². The summed E-state index contributed by atoms with van der Waals surface area (Å²) in [5.41, 5.74) is 0.688. The number of hydrogen-bond acceptors (Lipinski definition) is 1. The maximum Gasteiger partial charge on any atom is 0.253 e. The van der Waals surface area contributed by atoms with Crippen molar-refractivity contribution in [1.29, 1.82) is 0 Å². The van der Waals surface area contributed by atoms with Crippen molar-refractivity contribution in [3.05, 3.63) is 36.5 Å². The number of likely N-dealkylation sites (tertiary alicyclic amines) is 1. The van der Waals surface area contributed by atoms with Gasteiger partial charge in [-0.25, -0.2) is 0 Å². The third-order valence-electron chi connectivity index (χ3n) is 3.01. The fourth-order valence-corrected chi connectivity index (χ4v) is 1.82. The van der Waals surface area contributed by atoms with E-state index >= 15 is 0 Å². The van der Waals surface area contributed by atoms with Crippen molar-refractivity contribution in [2.45, 2.75) is 26.7 Å². The Morgan fingerprint density at radius 3 is 2.50 bits per heavy atom. The Labute approximate surface area is 98.3 Å². The van der Waals surface area contributed by atoms with Crippen LogP contribution in [0.25, 0.3) is 0 Å². The fraction of sp³-hybridized carbons (Fsp3) is 0.500. The van der Waals surface area contributed by atoms with Crippen LogP contribution < -0.4 is 0 Å². The second kappa shape index (κ2) is 6.31. The lowest BCUT2D eigenvalue weighted by Crippen LogP contribution is -2.38. The molecule has 0 bridgehead atoms. The van der Waals surface area contributed by atoms with Gasteiger partial charge in [-0.3, -0.25) is 4.79 Å². The second-order valence-corrected chi connectivity index (χ2v) is 4.33. The molecule has 0 N–H and O–H groups in total. The lowest BCUT2D eigenvalue weighted by Gasteiger charge is -2.30. The van der Waals surface area contributed by atoms with Gasteiger partial charge in [-0.2, -0.15) is 0 Å². The van der Waals surface area contributed by atoms with Crippen molar-refractivity contribution < 1.29 is 4.79 Å². The molecule has 16 heavy (non-hydrogen) atoms. The van der Waals surface area contributed by atoms with E-state index in [1.807, 2.05) is 30.1 Å². The zero-order valence-electron chi connectivity index (χ0n) is 10.3. The molecule has 0 aromatic heterocycles. The third-order valence-corrected chi connectivity index (χ3v) is 3.01. The van der Waals surface area contributed by atoms with Crippen LogP contribution in [-0.4, -0.2) is 23.9 Å². The van der Waals surface area contributed by atoms with Crippen LogP contribution in [0.5, 0.6) is 0 Å². The summed E-state index contributed by atoms with van der Waals surface area (Å²) in [7, 11) is 0. The van der Waals surface area contributed by atoms with E-state index < -0.39 is 0 Å². The highest BCUT2D eigenvalue weighted by molar-refractivity contribution is 5.96. The van der Waals surface area contributed by atoms with Crippen LogP contribution >= 0.6 is 0 Å². The van der Waals surface area contributed by atoms with Gasteiger partial charge in [0.1, 0.15) is 0 Å². The monoisotopic (exact) mass is 219 g/mol. The summed E-state index contributed by atoms with van der Waals surface area (Å²) in [6, 6.07) is 0. The SMILES string of the molecule is C=C/C(=C\C=C/C)C(=O)N1CCC(C)CC1. The number of amides is 1. The van der Waals surface area contributed by atoms with Gasteiger partial charge in [0, 0.05) is 18.7 Å². The predicted octanol–water partition coefficient (Wildman–Crippen LogP) is 2.93. The number of piperidine rings is 1. The van der Waals surface area contributed by atoms with Gasteiger partial charge in [0.2, 0.25) is 0 Å². The Morgan fingerprint density at radius 1 is 1.38 bits per heavy atom. The minimum absolute atomic E-state index is 0.111. The molecule has 0 unspecified atom stereocenters. The van der Waals surface area contributed by atoms with Crippen LogP contribution in [0.1, 0.15) is 26.7 Å². The molecule has 0 aromatic carbocycles. The van der Waals surface area contributed by atoms with Gasteiger partial charge in [-0.05, 0) is 31.8 Å². The molecule has 88 valence electrons. The van der Waals surface area contributed by atoms with E-state index in [0.717, 1.165) is 31.8 Å². The van der Waals surface area contributed by atoms with Crippen molar-refractivity contribution in [2.75, 3.05) is 13.1 Å². The number of nitrogens with zero attached hydrogens (tertiary/aromatic N) is 1. The minimum Gasteiger partial charge on any atom is -0.339 e. The van der Waals surface area contributed by atoms with Crippen molar-refractivity contribution in [3.8, 4) is 0 Å². The Bertz CT molecular complexity index is 307. The first-order valence-corrected chi connectivity index (χ1v) is 5.93. The van der Waals surface area contributed by atoms with Crippen LogP contribution in [0.3, 0.4) is 0 Å². The molecule has 1 saturated heterocycles. The average molecular weight is 219 g/mol. The molecule has 2 nitrogen and oxygen atoms in total. The molecule has 1 aliphatic heterocycles. The largest absolute Gasteiger partial charge is 0.339 e. The summed E-state index contributed by atoms with van der Waals surface area (Å²) in [4.78, 5) is 14.0. The van der Waals surface area contributed by atoms with Crippen LogP contribution in [0, 0.1) is 5.92 Å². The molecule has 0 atom stereocenters. The maximum absolute atomic E-state index is 12.1. The smallest absolute Gasteiger partial charge is 0.253 e. The molecule has 1 amide bonds. The molecule has 1 rings (SSSR count). The van der Waals surface area contributed by atoms with Crippen molar-refractivity contribution >= 4 is 5.91 Å². The van der Waals surface area contributed by atoms with Gasteiger partial charge in [0.05, 0.1) is 0 Å². The van der Waals surface area contributed by atoms with Gasteiger partial charge < -0.3 is 4.90 Å². The summed E-state index contributed by atoms with van der Waals surface area (Å²) in [5, 5.41) is 0. The topological polar surface area (TPSA) is 20.3 Å². The first kappa shape index (κ1) is 12.8. The predicted molar refractivity (Wildman–Crippen MR) is 68.1 cm³/mol. The highest BCUT2D eigenvalue weighted by Crippen LogP contribution is 2.17. The van der Waals surface area contributed by atoms with E-state index in [1.165, 1.54) is 0 Å². The van der Waals surface area contributed by atoms with Crippen molar-refractivity contribution in [1.82, 2.24) is 4.90 Å². The normalized spacial score (nSPS) is 19.1. The summed E-state index contributed by atoms with van der Waals surface area (Å²) in [5.74, 6) is 0.857. The molecule has 0 saturated carbocycles. The molecule has 1 fully saturated rings. The first-order valence-electron chi connectivity index (χ1n) is 5.93. The van der Waals surface area contributed by atoms with Gasteiger partial charge >= 0.3 is 0 Å². The Balaban J connectivity index is 2.65. The number of carbonyl (C=O) groups excluding carboxylic acids is 1. The molecular formula is C14H21NO. The van der Waals surface area contributed by atoms with Gasteiger partial charge in [-0.15, -0.1) is 0 Å². The quantitative estimate of drug-likeness (QED) is 0.528. The summed E-state index contributed by atoms with van der Waals surface area (Å²) in [6.45, 7) is 9.62. The average Bonchev–Trinajstić information content (AvgIpc) is 2.30. The van der Waals surface area contributed by atoms with Crippen molar-refractivity contribution in [2.24, 2.45) is 5.92 Å². The number of carbonyl (C=O) groups is 1. The lowest BCUT2D eigenvalue weighted by molar-refractivity contribution is -0.128. The third kappa shape index (κ3) is 3.37. The maximum atomic E-state index is 12.1. The van der Waals surface area contributed by atoms with Crippen molar-refractivity contribution in [3.63, 3.8) is 0 Å². The molecule has 0 spiro atoms. The fourth-order valence-electron chi connectivity index (χ4n) is 1.82. The standard InChI is InChI=1S/C14H21NO/c1-4-6-7-13(5-2)14(16)15-10-8-12(3)9-11-15/h4-7,12H,2,8-11H2,1,3H3/b6-4-,13-7+. The molecule has 0 aromatic rings. The molecule has 0 radical (unpaired) electrons. The zero-order chi connectivity index (χ0) is 12.0. The number of rotatable bonds is 3. The van der Waals surface area contributed by atoms with Gasteiger partial charge in [0.25, 0.3) is 5.91 Å². The number of allylic oxidation sites excluding steroid dienone is 3. The summed E-state index contributed by atoms with van der Waals surface area (Å²) < 4.78 is 0. The second-order valence-electron chi connectivity index (χ2n) is 4.33. The van der Waals surface area contributed by atoms with E-state index in [2.05, 4.69) is 13.5 Å². The van der Waals surface area contributed by atoms with Crippen LogP contribution in [0.4, 0.5) is 0 Å². The molecule has 2 heteroatoms. The molecule has 0 aliphatic carbocycles. The van der Waals surface area contributed by atoms with E-state index in [4.69, 9.17) is 0 Å². The number of hydrogen-bond donors (Lipinski definition) is 0. The van der Waals surface area contributed by atoms with Gasteiger partial charge in [-0.1, -0.05) is 31.7 Å². The Morgan fingerprint density at radius 2 is 2.00 bits per heavy atom. The van der Waals surface area contributed by atoms with E-state index in [1.54, 1.807) is 6.08 Å². The lowest BCUT2D eigenvalue weighted by atomic mass is 9.98. The highest BCUT2D eigenvalue weighted by Gasteiger charge is 2.21. The van der Waals surface area contributed by atoms with E-state index in [0.29, 0.717) is 5.57 Å². The van der Waals surface area contributed by atoms with Crippen LogP contribution in [-0.2, 0) is 4.79 Å².